The van der Waals surface area contributed by atoms with Gasteiger partial charge in [0.2, 0.25) is 0 Å². The number of thioether (sulfide) groups is 1. The standard InChI is InChI=1S/C21H19N3S2/c1-2-9-19-15(5-1)6-3-7-16(19)14-26-21-23-22-20(24(21)17-10-11-17)13-18-8-4-12-25-18/h1-9,12,17H,10-11,13-14H2. The van der Waals surface area contributed by atoms with Gasteiger partial charge in [-0.1, -0.05) is 60.3 Å². The molecular weight excluding hydrogens is 358 g/mol. The molecule has 5 rings (SSSR count). The third-order valence-corrected chi connectivity index (χ3v) is 6.66. The van der Waals surface area contributed by atoms with E-state index in [2.05, 4.69) is 74.7 Å². The lowest BCUT2D eigenvalue weighted by molar-refractivity contribution is 0.635. The van der Waals surface area contributed by atoms with Crippen LogP contribution in [0, 0.1) is 0 Å². The SMILES string of the molecule is c1csc(Cc2nnc(SCc3cccc4ccccc34)n2C2CC2)c1. The first-order valence-corrected chi connectivity index (χ1v) is 10.8. The number of hydrogen-bond donors (Lipinski definition) is 0. The van der Waals surface area contributed by atoms with Gasteiger partial charge < -0.3 is 4.57 Å². The first-order valence-electron chi connectivity index (χ1n) is 8.94. The smallest absolute Gasteiger partial charge is 0.191 e. The Hall–Kier alpha value is -2.11. The van der Waals surface area contributed by atoms with Crippen LogP contribution < -0.4 is 0 Å². The summed E-state index contributed by atoms with van der Waals surface area (Å²) in [6.07, 6.45) is 3.38. The molecule has 2 aromatic carbocycles. The molecule has 1 aliphatic rings. The van der Waals surface area contributed by atoms with Gasteiger partial charge in [-0.15, -0.1) is 21.5 Å². The lowest BCUT2D eigenvalue weighted by Gasteiger charge is -2.09. The van der Waals surface area contributed by atoms with E-state index in [9.17, 15) is 0 Å². The molecule has 0 bridgehead atoms. The molecule has 0 atom stereocenters. The van der Waals surface area contributed by atoms with Crippen molar-refractivity contribution in [3.8, 4) is 0 Å². The number of thiophene rings is 1. The highest BCUT2D eigenvalue weighted by Crippen LogP contribution is 2.40. The molecule has 3 nitrogen and oxygen atoms in total. The molecule has 1 fully saturated rings. The highest BCUT2D eigenvalue weighted by atomic mass is 32.2. The maximum absolute atomic E-state index is 4.53. The Morgan fingerprint density at radius 1 is 1.00 bits per heavy atom. The van der Waals surface area contributed by atoms with Crippen LogP contribution in [0.3, 0.4) is 0 Å². The van der Waals surface area contributed by atoms with Crippen molar-refractivity contribution in [3.63, 3.8) is 0 Å². The molecular formula is C21H19N3S2. The summed E-state index contributed by atoms with van der Waals surface area (Å²) in [6, 6.07) is 20.0. The van der Waals surface area contributed by atoms with Crippen LogP contribution >= 0.6 is 23.1 Å². The fraction of sp³-hybridized carbons (Fsp3) is 0.238. The first-order chi connectivity index (χ1) is 12.9. The molecule has 5 heteroatoms. The van der Waals surface area contributed by atoms with Crippen LogP contribution in [-0.4, -0.2) is 14.8 Å². The molecule has 0 amide bonds. The first kappa shape index (κ1) is 16.1. The molecule has 1 saturated carbocycles. The molecule has 0 saturated heterocycles. The monoisotopic (exact) mass is 377 g/mol. The van der Waals surface area contributed by atoms with E-state index in [4.69, 9.17) is 0 Å². The van der Waals surface area contributed by atoms with Crippen molar-refractivity contribution in [3.05, 3.63) is 76.2 Å². The van der Waals surface area contributed by atoms with E-state index in [0.29, 0.717) is 6.04 Å². The van der Waals surface area contributed by atoms with Crippen LogP contribution in [0.25, 0.3) is 10.8 Å². The highest BCUT2D eigenvalue weighted by Gasteiger charge is 2.29. The van der Waals surface area contributed by atoms with Crippen molar-refractivity contribution < 1.29 is 0 Å². The second kappa shape index (κ2) is 6.89. The topological polar surface area (TPSA) is 30.7 Å². The van der Waals surface area contributed by atoms with Crippen molar-refractivity contribution in [1.82, 2.24) is 14.8 Å². The zero-order valence-electron chi connectivity index (χ0n) is 14.3. The molecule has 0 radical (unpaired) electrons. The lowest BCUT2D eigenvalue weighted by Crippen LogP contribution is -2.03. The molecule has 2 aromatic heterocycles. The van der Waals surface area contributed by atoms with Crippen LogP contribution in [0.2, 0.25) is 0 Å². The summed E-state index contributed by atoms with van der Waals surface area (Å²) in [6.45, 7) is 0. The van der Waals surface area contributed by atoms with Gasteiger partial charge in [-0.05, 0) is 40.6 Å². The van der Waals surface area contributed by atoms with Gasteiger partial charge in [0.05, 0.1) is 0 Å². The van der Waals surface area contributed by atoms with Gasteiger partial charge in [0.1, 0.15) is 5.82 Å². The van der Waals surface area contributed by atoms with E-state index in [1.54, 1.807) is 11.3 Å². The van der Waals surface area contributed by atoms with E-state index in [1.165, 1.54) is 34.1 Å². The zero-order valence-corrected chi connectivity index (χ0v) is 16.0. The van der Waals surface area contributed by atoms with Gasteiger partial charge in [-0.3, -0.25) is 0 Å². The quantitative estimate of drug-likeness (QED) is 0.403. The largest absolute Gasteiger partial charge is 0.303 e. The summed E-state index contributed by atoms with van der Waals surface area (Å²) in [4.78, 5) is 1.35. The van der Waals surface area contributed by atoms with Gasteiger partial charge in [-0.2, -0.15) is 0 Å². The Kier molecular flexibility index (Phi) is 4.27. The van der Waals surface area contributed by atoms with Crippen LogP contribution in [-0.2, 0) is 12.2 Å². The van der Waals surface area contributed by atoms with E-state index in [-0.39, 0.29) is 0 Å². The third-order valence-electron chi connectivity index (χ3n) is 4.80. The van der Waals surface area contributed by atoms with Crippen LogP contribution in [0.1, 0.15) is 35.1 Å². The molecule has 2 heterocycles. The zero-order chi connectivity index (χ0) is 17.3. The van der Waals surface area contributed by atoms with Gasteiger partial charge >= 0.3 is 0 Å². The number of aromatic nitrogens is 3. The van der Waals surface area contributed by atoms with Crippen LogP contribution in [0.4, 0.5) is 0 Å². The number of nitrogens with zero attached hydrogens (tertiary/aromatic N) is 3. The summed E-state index contributed by atoms with van der Waals surface area (Å²) in [5.74, 6) is 2.03. The van der Waals surface area contributed by atoms with Gasteiger partial charge in [0.25, 0.3) is 0 Å². The van der Waals surface area contributed by atoms with Gasteiger partial charge in [0, 0.05) is 23.1 Å². The minimum atomic E-state index is 0.593. The maximum Gasteiger partial charge on any atom is 0.191 e. The lowest BCUT2D eigenvalue weighted by atomic mass is 10.1. The van der Waals surface area contributed by atoms with E-state index in [0.717, 1.165) is 23.2 Å². The van der Waals surface area contributed by atoms with Gasteiger partial charge in [0.15, 0.2) is 5.16 Å². The van der Waals surface area contributed by atoms with Crippen LogP contribution in [0.5, 0.6) is 0 Å². The summed E-state index contributed by atoms with van der Waals surface area (Å²) < 4.78 is 2.38. The number of benzene rings is 2. The van der Waals surface area contributed by atoms with Crippen molar-refractivity contribution in [2.75, 3.05) is 0 Å². The number of rotatable bonds is 6. The van der Waals surface area contributed by atoms with Crippen LogP contribution in [0.15, 0.2) is 65.1 Å². The Morgan fingerprint density at radius 3 is 2.73 bits per heavy atom. The normalized spacial score (nSPS) is 14.2. The molecule has 26 heavy (non-hydrogen) atoms. The third kappa shape index (κ3) is 3.17. The molecule has 0 unspecified atom stereocenters. The number of hydrogen-bond acceptors (Lipinski definition) is 4. The molecule has 130 valence electrons. The molecule has 0 aliphatic heterocycles. The predicted molar refractivity (Wildman–Crippen MR) is 109 cm³/mol. The molecule has 1 aliphatic carbocycles. The number of fused-ring (bicyclic) bond motifs is 1. The average Bonchev–Trinajstić information content (AvgIpc) is 3.23. The Bertz CT molecular complexity index is 1030. The summed E-state index contributed by atoms with van der Waals surface area (Å²) >= 11 is 3.60. The van der Waals surface area contributed by atoms with E-state index >= 15 is 0 Å². The molecule has 0 spiro atoms. The highest BCUT2D eigenvalue weighted by molar-refractivity contribution is 7.98. The predicted octanol–water partition coefficient (Wildman–Crippen LogP) is 5.71. The Balaban J connectivity index is 1.41. The second-order valence-electron chi connectivity index (χ2n) is 6.68. The Labute approximate surface area is 161 Å². The molecule has 4 aromatic rings. The van der Waals surface area contributed by atoms with Crippen molar-refractivity contribution in [1.29, 1.82) is 0 Å². The van der Waals surface area contributed by atoms with Gasteiger partial charge in [-0.25, -0.2) is 0 Å². The van der Waals surface area contributed by atoms with Crippen molar-refractivity contribution in [2.24, 2.45) is 0 Å². The van der Waals surface area contributed by atoms with Crippen molar-refractivity contribution in [2.45, 2.75) is 36.2 Å². The van der Waals surface area contributed by atoms with E-state index < -0.39 is 0 Å². The Morgan fingerprint density at radius 2 is 1.88 bits per heavy atom. The fourth-order valence-electron chi connectivity index (χ4n) is 3.36. The average molecular weight is 378 g/mol. The fourth-order valence-corrected chi connectivity index (χ4v) is 5.09. The minimum Gasteiger partial charge on any atom is -0.303 e. The summed E-state index contributed by atoms with van der Waals surface area (Å²) in [5, 5.41) is 14.9. The second-order valence-corrected chi connectivity index (χ2v) is 8.66. The minimum absolute atomic E-state index is 0.593. The maximum atomic E-state index is 4.53. The van der Waals surface area contributed by atoms with E-state index in [1.807, 2.05) is 11.8 Å². The summed E-state index contributed by atoms with van der Waals surface area (Å²) in [5.41, 5.74) is 1.36. The summed E-state index contributed by atoms with van der Waals surface area (Å²) in [7, 11) is 0. The van der Waals surface area contributed by atoms with Crippen molar-refractivity contribution >= 4 is 33.9 Å². The molecule has 0 N–H and O–H groups in total.